The fourth-order valence-corrected chi connectivity index (χ4v) is 2.19. The van der Waals surface area contributed by atoms with Gasteiger partial charge < -0.3 is 10.2 Å². The standard InChI is InChI=1S/C10H14BrN3/c1-8-6-9(11)7-13-10(8)14-4-2-12-3-5-14/h6-7,12H,2-5H2,1H3. The van der Waals surface area contributed by atoms with Crippen LogP contribution in [0.25, 0.3) is 0 Å². The number of aromatic nitrogens is 1. The molecule has 1 aromatic rings. The van der Waals surface area contributed by atoms with Crippen LogP contribution in [0.4, 0.5) is 5.82 Å². The Hall–Kier alpha value is -0.610. The molecule has 76 valence electrons. The summed E-state index contributed by atoms with van der Waals surface area (Å²) in [6.07, 6.45) is 1.87. The maximum atomic E-state index is 4.45. The topological polar surface area (TPSA) is 28.2 Å². The molecule has 1 fully saturated rings. The lowest BCUT2D eigenvalue weighted by molar-refractivity contribution is 0.584. The molecular formula is C10H14BrN3. The Morgan fingerprint density at radius 2 is 2.14 bits per heavy atom. The van der Waals surface area contributed by atoms with Crippen LogP contribution in [0.3, 0.4) is 0 Å². The molecular weight excluding hydrogens is 242 g/mol. The van der Waals surface area contributed by atoms with Crippen LogP contribution in [0.5, 0.6) is 0 Å². The highest BCUT2D eigenvalue weighted by Gasteiger charge is 2.13. The maximum absolute atomic E-state index is 4.45. The fraction of sp³-hybridized carbons (Fsp3) is 0.500. The van der Waals surface area contributed by atoms with Gasteiger partial charge in [-0.3, -0.25) is 0 Å². The van der Waals surface area contributed by atoms with Gasteiger partial charge in [-0.1, -0.05) is 0 Å². The number of halogens is 1. The molecule has 2 heterocycles. The molecule has 1 aromatic heterocycles. The van der Waals surface area contributed by atoms with Crippen molar-refractivity contribution in [1.82, 2.24) is 10.3 Å². The Morgan fingerprint density at radius 1 is 1.43 bits per heavy atom. The SMILES string of the molecule is Cc1cc(Br)cnc1N1CCNCC1. The number of nitrogens with zero attached hydrogens (tertiary/aromatic N) is 2. The number of piperazine rings is 1. The maximum Gasteiger partial charge on any atom is 0.131 e. The molecule has 3 nitrogen and oxygen atoms in total. The lowest BCUT2D eigenvalue weighted by Gasteiger charge is -2.29. The minimum absolute atomic E-state index is 1.05. The molecule has 0 atom stereocenters. The van der Waals surface area contributed by atoms with Gasteiger partial charge in [0.05, 0.1) is 0 Å². The number of hydrogen-bond acceptors (Lipinski definition) is 3. The van der Waals surface area contributed by atoms with Gasteiger partial charge in [0.25, 0.3) is 0 Å². The Balaban J connectivity index is 2.22. The molecule has 0 unspecified atom stereocenters. The van der Waals surface area contributed by atoms with Gasteiger partial charge in [0.2, 0.25) is 0 Å². The molecule has 0 aromatic carbocycles. The number of hydrogen-bond donors (Lipinski definition) is 1. The first-order chi connectivity index (χ1) is 6.77. The summed E-state index contributed by atoms with van der Waals surface area (Å²) in [5.41, 5.74) is 1.24. The van der Waals surface area contributed by atoms with Crippen molar-refractivity contribution in [2.45, 2.75) is 6.92 Å². The van der Waals surface area contributed by atoms with Crippen LogP contribution in [-0.4, -0.2) is 31.2 Å². The smallest absolute Gasteiger partial charge is 0.131 e. The second-order valence-electron chi connectivity index (χ2n) is 3.53. The highest BCUT2D eigenvalue weighted by atomic mass is 79.9. The third-order valence-electron chi connectivity index (χ3n) is 2.43. The third-order valence-corrected chi connectivity index (χ3v) is 2.87. The molecule has 0 radical (unpaired) electrons. The van der Waals surface area contributed by atoms with Gasteiger partial charge in [-0.2, -0.15) is 0 Å². The van der Waals surface area contributed by atoms with E-state index in [1.54, 1.807) is 0 Å². The Labute approximate surface area is 92.6 Å². The monoisotopic (exact) mass is 255 g/mol. The normalized spacial score (nSPS) is 17.1. The molecule has 14 heavy (non-hydrogen) atoms. The number of rotatable bonds is 1. The summed E-state index contributed by atoms with van der Waals surface area (Å²) in [7, 11) is 0. The molecule has 0 amide bonds. The van der Waals surface area contributed by atoms with Gasteiger partial charge in [-0.15, -0.1) is 0 Å². The van der Waals surface area contributed by atoms with E-state index in [0.29, 0.717) is 0 Å². The van der Waals surface area contributed by atoms with Gasteiger partial charge in [-0.25, -0.2) is 4.98 Å². The van der Waals surface area contributed by atoms with Crippen LogP contribution >= 0.6 is 15.9 Å². The summed E-state index contributed by atoms with van der Waals surface area (Å²) >= 11 is 3.43. The minimum atomic E-state index is 1.05. The van der Waals surface area contributed by atoms with Gasteiger partial charge in [-0.05, 0) is 34.5 Å². The van der Waals surface area contributed by atoms with Crippen LogP contribution < -0.4 is 10.2 Å². The van der Waals surface area contributed by atoms with E-state index in [2.05, 4.69) is 44.1 Å². The van der Waals surface area contributed by atoms with E-state index in [1.807, 2.05) is 6.20 Å². The number of anilines is 1. The summed E-state index contributed by atoms with van der Waals surface area (Å²) < 4.78 is 1.05. The van der Waals surface area contributed by atoms with Crippen LogP contribution in [0.1, 0.15) is 5.56 Å². The van der Waals surface area contributed by atoms with E-state index >= 15 is 0 Å². The summed E-state index contributed by atoms with van der Waals surface area (Å²) in [6.45, 7) is 6.31. The first kappa shape index (κ1) is 9.93. The molecule has 0 spiro atoms. The van der Waals surface area contributed by atoms with Gasteiger partial charge in [0.1, 0.15) is 5.82 Å². The largest absolute Gasteiger partial charge is 0.354 e. The molecule has 0 saturated carbocycles. The molecule has 1 saturated heterocycles. The van der Waals surface area contributed by atoms with Crippen molar-refractivity contribution in [2.24, 2.45) is 0 Å². The van der Waals surface area contributed by atoms with Gasteiger partial charge in [0, 0.05) is 36.8 Å². The molecule has 1 aliphatic heterocycles. The quantitative estimate of drug-likeness (QED) is 0.826. The lowest BCUT2D eigenvalue weighted by Crippen LogP contribution is -2.44. The van der Waals surface area contributed by atoms with E-state index < -0.39 is 0 Å². The molecule has 4 heteroatoms. The van der Waals surface area contributed by atoms with E-state index in [0.717, 1.165) is 36.5 Å². The zero-order chi connectivity index (χ0) is 9.97. The highest BCUT2D eigenvalue weighted by Crippen LogP contribution is 2.20. The van der Waals surface area contributed by atoms with Crippen molar-refractivity contribution >= 4 is 21.7 Å². The Morgan fingerprint density at radius 3 is 2.79 bits per heavy atom. The average molecular weight is 256 g/mol. The van der Waals surface area contributed by atoms with Crippen LogP contribution in [0, 0.1) is 6.92 Å². The molecule has 1 aliphatic rings. The predicted molar refractivity (Wildman–Crippen MR) is 61.8 cm³/mol. The van der Waals surface area contributed by atoms with Gasteiger partial charge >= 0.3 is 0 Å². The fourth-order valence-electron chi connectivity index (χ4n) is 1.74. The second kappa shape index (κ2) is 4.28. The minimum Gasteiger partial charge on any atom is -0.354 e. The zero-order valence-corrected chi connectivity index (χ0v) is 9.84. The highest BCUT2D eigenvalue weighted by molar-refractivity contribution is 9.10. The summed E-state index contributed by atoms with van der Waals surface area (Å²) in [5, 5.41) is 3.34. The molecule has 0 bridgehead atoms. The number of aryl methyl sites for hydroxylation is 1. The Kier molecular flexibility index (Phi) is 3.03. The van der Waals surface area contributed by atoms with Crippen molar-refractivity contribution < 1.29 is 0 Å². The van der Waals surface area contributed by atoms with Crippen molar-refractivity contribution in [3.8, 4) is 0 Å². The van der Waals surface area contributed by atoms with Crippen LogP contribution in [-0.2, 0) is 0 Å². The molecule has 0 aliphatic carbocycles. The first-order valence-electron chi connectivity index (χ1n) is 4.85. The first-order valence-corrected chi connectivity index (χ1v) is 5.64. The average Bonchev–Trinajstić information content (AvgIpc) is 2.19. The van der Waals surface area contributed by atoms with E-state index in [1.165, 1.54) is 5.56 Å². The summed E-state index contributed by atoms with van der Waals surface area (Å²) in [5.74, 6) is 1.12. The van der Waals surface area contributed by atoms with E-state index in [-0.39, 0.29) is 0 Å². The van der Waals surface area contributed by atoms with Crippen molar-refractivity contribution in [2.75, 3.05) is 31.1 Å². The van der Waals surface area contributed by atoms with Crippen molar-refractivity contribution in [3.05, 3.63) is 22.3 Å². The van der Waals surface area contributed by atoms with E-state index in [4.69, 9.17) is 0 Å². The lowest BCUT2D eigenvalue weighted by atomic mass is 10.2. The molecule has 1 N–H and O–H groups in total. The van der Waals surface area contributed by atoms with E-state index in [9.17, 15) is 0 Å². The third kappa shape index (κ3) is 2.07. The number of nitrogens with one attached hydrogen (secondary N) is 1. The van der Waals surface area contributed by atoms with Crippen LogP contribution in [0.2, 0.25) is 0 Å². The summed E-state index contributed by atoms with van der Waals surface area (Å²) in [4.78, 5) is 6.78. The van der Waals surface area contributed by atoms with Crippen molar-refractivity contribution in [1.29, 1.82) is 0 Å². The summed E-state index contributed by atoms with van der Waals surface area (Å²) in [6, 6.07) is 2.12. The van der Waals surface area contributed by atoms with Crippen molar-refractivity contribution in [3.63, 3.8) is 0 Å². The zero-order valence-electron chi connectivity index (χ0n) is 8.26. The molecule has 2 rings (SSSR count). The van der Waals surface area contributed by atoms with Crippen LogP contribution in [0.15, 0.2) is 16.7 Å². The van der Waals surface area contributed by atoms with Gasteiger partial charge in [0.15, 0.2) is 0 Å². The predicted octanol–water partition coefficient (Wildman–Crippen LogP) is 1.56. The second-order valence-corrected chi connectivity index (χ2v) is 4.45. The number of pyridine rings is 1. The Bertz CT molecular complexity index is 321.